The third-order valence-electron chi connectivity index (χ3n) is 14.1. The number of rotatable bonds is 15. The lowest BCUT2D eigenvalue weighted by atomic mass is 9.83. The molecule has 2 aliphatic carbocycles. The average Bonchev–Trinajstić information content (AvgIpc) is 3.78. The number of Topliss-reactive ketones (excluding diaryl/α,β-unsaturated/α-hetero) is 1. The Morgan fingerprint density at radius 2 is 1.23 bits per heavy atom. The van der Waals surface area contributed by atoms with Crippen LogP contribution in [0, 0.1) is 46.8 Å². The minimum atomic E-state index is -1.44. The van der Waals surface area contributed by atoms with Crippen molar-refractivity contribution in [1.82, 2.24) is 25.3 Å². The molecule has 0 radical (unpaired) electrons. The summed E-state index contributed by atoms with van der Waals surface area (Å²) < 4.78 is 5.82. The molecule has 3 rings (SSSR count). The van der Waals surface area contributed by atoms with Gasteiger partial charge in [-0.1, -0.05) is 119 Å². The molecule has 8 atom stereocenters. The van der Waals surface area contributed by atoms with E-state index in [-0.39, 0.29) is 60.5 Å². The van der Waals surface area contributed by atoms with Crippen molar-refractivity contribution in [3.05, 3.63) is 0 Å². The summed E-state index contributed by atoms with van der Waals surface area (Å²) in [5.41, 5.74) is 0. The third-order valence-corrected chi connectivity index (χ3v) is 14.1. The number of ether oxygens (including phenoxy) is 1. The molecule has 1 saturated heterocycles. The molecular formula is C50H84N6O8. The molecule has 1 heterocycles. The topological polar surface area (TPSA) is 186 Å². The van der Waals surface area contributed by atoms with Crippen LogP contribution >= 0.6 is 0 Å². The summed E-state index contributed by atoms with van der Waals surface area (Å²) in [5.74, 6) is -4.02. The standard InChI is InChI=1S/C50H84N6O8/c1-11-12-19-34(6)28-39-48(61)54(8)35(7)50(63)64-44(24-18-25-51)46(59)53-40(29-36-22-16-17-23-36)49(62)55(9)41(27-33(4)5)43(57)31-38(26-32(2)3)47(60)56(10)42(45(58)52-39)30-37-20-14-13-15-21-37/h32-42,44H,11-24,26-31H2,1-10H3,(H,52,58)(H,53,59)/t34-,35+,38-,39?,40+,41+,42+,44-/m1/s1. The summed E-state index contributed by atoms with van der Waals surface area (Å²) in [6.07, 6.45) is 11.4. The Hall–Kier alpha value is -4.02. The van der Waals surface area contributed by atoms with Crippen LogP contribution in [0.3, 0.4) is 0 Å². The second-order valence-electron chi connectivity index (χ2n) is 20.5. The Labute approximate surface area is 385 Å². The maximum absolute atomic E-state index is 14.9. The quantitative estimate of drug-likeness (QED) is 0.162. The number of hydrogen-bond acceptors (Lipinski definition) is 9. The van der Waals surface area contributed by atoms with Crippen LogP contribution in [-0.4, -0.2) is 113 Å². The summed E-state index contributed by atoms with van der Waals surface area (Å²) >= 11 is 0. The van der Waals surface area contributed by atoms with Gasteiger partial charge in [0.25, 0.3) is 5.91 Å². The Morgan fingerprint density at radius 3 is 1.81 bits per heavy atom. The van der Waals surface area contributed by atoms with Crippen molar-refractivity contribution in [2.24, 2.45) is 35.5 Å². The lowest BCUT2D eigenvalue weighted by Crippen LogP contribution is -2.57. The molecule has 14 nitrogen and oxygen atoms in total. The molecular weight excluding hydrogens is 813 g/mol. The second kappa shape index (κ2) is 26.8. The van der Waals surface area contributed by atoms with Gasteiger partial charge in [-0.05, 0) is 68.6 Å². The number of carbonyl (C=O) groups is 7. The van der Waals surface area contributed by atoms with Gasteiger partial charge in [-0.25, -0.2) is 4.79 Å². The zero-order chi connectivity index (χ0) is 47.7. The van der Waals surface area contributed by atoms with Gasteiger partial charge in [0.1, 0.15) is 24.2 Å². The van der Waals surface area contributed by atoms with Crippen molar-refractivity contribution in [2.75, 3.05) is 21.1 Å². The van der Waals surface area contributed by atoms with Gasteiger partial charge < -0.3 is 30.1 Å². The third kappa shape index (κ3) is 16.4. The highest BCUT2D eigenvalue weighted by atomic mass is 16.5. The number of hydrogen-bond donors (Lipinski definition) is 2. The zero-order valence-electron chi connectivity index (χ0n) is 41.1. The van der Waals surface area contributed by atoms with E-state index >= 15 is 0 Å². The Bertz CT molecular complexity index is 1600. The molecule has 1 aliphatic heterocycles. The Balaban J connectivity index is 2.22. The molecule has 3 aliphatic rings. The Kier molecular flexibility index (Phi) is 22.8. The normalized spacial score (nSPS) is 28.0. The predicted molar refractivity (Wildman–Crippen MR) is 247 cm³/mol. The average molecular weight is 897 g/mol. The molecule has 1 unspecified atom stereocenters. The van der Waals surface area contributed by atoms with Gasteiger partial charge in [-0.15, -0.1) is 0 Å². The molecule has 64 heavy (non-hydrogen) atoms. The van der Waals surface area contributed by atoms with Crippen LogP contribution in [-0.2, 0) is 38.3 Å². The van der Waals surface area contributed by atoms with E-state index in [1.807, 2.05) is 40.7 Å². The summed E-state index contributed by atoms with van der Waals surface area (Å²) in [6.45, 7) is 13.5. The van der Waals surface area contributed by atoms with E-state index in [1.54, 1.807) is 14.1 Å². The van der Waals surface area contributed by atoms with Crippen LogP contribution in [0.2, 0.25) is 0 Å². The first-order chi connectivity index (χ1) is 30.3. The van der Waals surface area contributed by atoms with E-state index in [0.717, 1.165) is 77.0 Å². The SMILES string of the molecule is CCCC[C@@H](C)CC1NC(=O)[C@H](CC2CCCCC2)N(C)C(=O)[C@H](CC(C)C)CC(=O)[C@H](CC(C)C)N(C)C(=O)[C@H](CC2CCCC2)NC(=O)[C@@H](CCC#N)OC(=O)[C@H](C)N(C)C1=O. The van der Waals surface area contributed by atoms with Gasteiger partial charge in [0.2, 0.25) is 23.6 Å². The number of ketones is 1. The molecule has 0 aromatic rings. The zero-order valence-corrected chi connectivity index (χ0v) is 41.1. The molecule has 0 aromatic heterocycles. The number of nitrogens with one attached hydrogen (secondary N) is 2. The lowest BCUT2D eigenvalue weighted by molar-refractivity contribution is -0.163. The summed E-state index contributed by atoms with van der Waals surface area (Å²) in [7, 11) is 4.67. The fourth-order valence-electron chi connectivity index (χ4n) is 10.1. The van der Waals surface area contributed by atoms with E-state index in [2.05, 4.69) is 17.6 Å². The first-order valence-electron chi connectivity index (χ1n) is 24.8. The van der Waals surface area contributed by atoms with Crippen LogP contribution in [0.25, 0.3) is 0 Å². The highest BCUT2D eigenvalue weighted by Crippen LogP contribution is 2.32. The molecule has 3 fully saturated rings. The molecule has 14 heteroatoms. The van der Waals surface area contributed by atoms with Crippen molar-refractivity contribution in [1.29, 1.82) is 5.26 Å². The highest BCUT2D eigenvalue weighted by Gasteiger charge is 2.41. The number of nitriles is 1. The van der Waals surface area contributed by atoms with Crippen LogP contribution in [0.15, 0.2) is 0 Å². The van der Waals surface area contributed by atoms with E-state index in [4.69, 9.17) is 4.74 Å². The van der Waals surface area contributed by atoms with Crippen molar-refractivity contribution in [3.8, 4) is 6.07 Å². The van der Waals surface area contributed by atoms with E-state index < -0.39 is 71.8 Å². The first kappa shape index (κ1) is 54.3. The van der Waals surface area contributed by atoms with Crippen molar-refractivity contribution < 1.29 is 38.3 Å². The molecule has 2 saturated carbocycles. The van der Waals surface area contributed by atoms with Gasteiger partial charge >= 0.3 is 5.97 Å². The van der Waals surface area contributed by atoms with E-state index in [1.165, 1.54) is 28.7 Å². The molecule has 0 bridgehead atoms. The molecule has 0 spiro atoms. The van der Waals surface area contributed by atoms with Gasteiger partial charge in [-0.3, -0.25) is 28.8 Å². The number of carbonyl (C=O) groups excluding carboxylic acids is 7. The van der Waals surface area contributed by atoms with Crippen LogP contribution in [0.5, 0.6) is 0 Å². The maximum Gasteiger partial charge on any atom is 0.329 e. The molecule has 5 amide bonds. The van der Waals surface area contributed by atoms with Crippen LogP contribution in [0.4, 0.5) is 0 Å². The van der Waals surface area contributed by atoms with Gasteiger partial charge in [-0.2, -0.15) is 5.26 Å². The number of likely N-dealkylation sites (N-methyl/N-ethyl adjacent to an activating group) is 3. The monoisotopic (exact) mass is 897 g/mol. The number of unbranched alkanes of at least 4 members (excludes halogenated alkanes) is 1. The molecule has 0 aromatic carbocycles. The largest absolute Gasteiger partial charge is 0.451 e. The van der Waals surface area contributed by atoms with E-state index in [0.29, 0.717) is 32.1 Å². The predicted octanol–water partition coefficient (Wildman–Crippen LogP) is 7.12. The summed E-state index contributed by atoms with van der Waals surface area (Å²) in [6, 6.07) is -3.07. The molecule has 2 N–H and O–H groups in total. The van der Waals surface area contributed by atoms with Gasteiger partial charge in [0, 0.05) is 46.3 Å². The summed E-state index contributed by atoms with van der Waals surface area (Å²) in [4.78, 5) is 106. The minimum absolute atomic E-state index is 0.00212. The van der Waals surface area contributed by atoms with Crippen molar-refractivity contribution >= 4 is 41.3 Å². The maximum atomic E-state index is 14.9. The lowest BCUT2D eigenvalue weighted by Gasteiger charge is -2.36. The van der Waals surface area contributed by atoms with Crippen molar-refractivity contribution in [2.45, 2.75) is 213 Å². The van der Waals surface area contributed by atoms with Crippen LogP contribution < -0.4 is 10.6 Å². The number of cyclic esters (lactones) is 1. The fourth-order valence-corrected chi connectivity index (χ4v) is 10.1. The number of nitrogens with zero attached hydrogens (tertiary/aromatic N) is 4. The number of amides is 5. The van der Waals surface area contributed by atoms with Crippen molar-refractivity contribution in [3.63, 3.8) is 0 Å². The smallest absolute Gasteiger partial charge is 0.329 e. The van der Waals surface area contributed by atoms with Gasteiger partial charge in [0.05, 0.1) is 12.1 Å². The Morgan fingerprint density at radius 1 is 0.688 bits per heavy atom. The van der Waals surface area contributed by atoms with Crippen LogP contribution in [0.1, 0.15) is 177 Å². The van der Waals surface area contributed by atoms with E-state index in [9.17, 15) is 38.8 Å². The number of esters is 1. The van der Waals surface area contributed by atoms with Gasteiger partial charge in [0.15, 0.2) is 11.9 Å². The minimum Gasteiger partial charge on any atom is -0.451 e. The highest BCUT2D eigenvalue weighted by molar-refractivity contribution is 5.97. The molecule has 362 valence electrons. The first-order valence-corrected chi connectivity index (χ1v) is 24.8. The fraction of sp³-hybridized carbons (Fsp3) is 0.840. The summed E-state index contributed by atoms with van der Waals surface area (Å²) in [5, 5.41) is 15.5. The second-order valence-corrected chi connectivity index (χ2v) is 20.5.